The first-order valence-corrected chi connectivity index (χ1v) is 2.98. The molecular weight excluding hydrogens is 217 g/mol. The Balaban J connectivity index is 3.05. The van der Waals surface area contributed by atoms with Crippen LogP contribution in [-0.2, 0) is 0 Å². The number of oxazole rings is 1. The lowest BCUT2D eigenvalue weighted by Crippen LogP contribution is -1.69. The number of hydrogen-bond acceptors (Lipinski definition) is 2. The van der Waals surface area contributed by atoms with Crippen LogP contribution in [0.5, 0.6) is 0 Å². The van der Waals surface area contributed by atoms with Crippen molar-refractivity contribution in [1.82, 2.24) is 4.98 Å². The first-order chi connectivity index (χ1) is 3.83. The predicted octanol–water partition coefficient (Wildman–Crippen LogP) is 1.26. The molecule has 8 heavy (non-hydrogen) atoms. The standard InChI is InChI=1S/C5H2INO/c1-2-4-3-8-5(6)7-4/h1,3H. The van der Waals surface area contributed by atoms with E-state index in [1.165, 1.54) is 6.26 Å². The Labute approximate surface area is 60.4 Å². The van der Waals surface area contributed by atoms with Crippen LogP contribution in [0.4, 0.5) is 0 Å². The summed E-state index contributed by atoms with van der Waals surface area (Å²) in [6.07, 6.45) is 6.43. The number of rotatable bonds is 0. The van der Waals surface area contributed by atoms with Gasteiger partial charge in [-0.25, -0.2) is 0 Å². The van der Waals surface area contributed by atoms with Crippen LogP contribution in [0.3, 0.4) is 0 Å². The number of halogens is 1. The zero-order valence-electron chi connectivity index (χ0n) is 3.89. The molecule has 1 rings (SSSR count). The van der Waals surface area contributed by atoms with E-state index in [4.69, 9.17) is 10.8 Å². The van der Waals surface area contributed by atoms with E-state index in [2.05, 4.69) is 10.9 Å². The van der Waals surface area contributed by atoms with E-state index in [1.54, 1.807) is 0 Å². The van der Waals surface area contributed by atoms with E-state index in [0.29, 0.717) is 9.59 Å². The normalized spacial score (nSPS) is 8.50. The Bertz CT molecular complexity index is 223. The molecule has 0 amide bonds. The highest BCUT2D eigenvalue weighted by atomic mass is 127. The highest BCUT2D eigenvalue weighted by Gasteiger charge is 1.92. The van der Waals surface area contributed by atoms with Gasteiger partial charge in [0, 0.05) is 22.6 Å². The fraction of sp³-hybridized carbons (Fsp3) is 0. The van der Waals surface area contributed by atoms with Gasteiger partial charge in [0.05, 0.1) is 0 Å². The van der Waals surface area contributed by atoms with Crippen molar-refractivity contribution in [2.24, 2.45) is 0 Å². The smallest absolute Gasteiger partial charge is 0.258 e. The molecule has 0 aliphatic heterocycles. The summed E-state index contributed by atoms with van der Waals surface area (Å²) in [6.45, 7) is 0. The molecule has 2 nitrogen and oxygen atoms in total. The van der Waals surface area contributed by atoms with Crippen molar-refractivity contribution < 1.29 is 4.42 Å². The largest absolute Gasteiger partial charge is 0.439 e. The zero-order chi connectivity index (χ0) is 5.98. The van der Waals surface area contributed by atoms with E-state index in [9.17, 15) is 0 Å². The molecule has 0 saturated carbocycles. The van der Waals surface area contributed by atoms with Gasteiger partial charge in [0.15, 0.2) is 5.69 Å². The second-order valence-electron chi connectivity index (χ2n) is 1.13. The fourth-order valence-electron chi connectivity index (χ4n) is 0.318. The van der Waals surface area contributed by atoms with Crippen molar-refractivity contribution in [2.45, 2.75) is 0 Å². The Hall–Kier alpha value is -0.500. The van der Waals surface area contributed by atoms with E-state index in [-0.39, 0.29) is 0 Å². The lowest BCUT2D eigenvalue weighted by molar-refractivity contribution is 0.525. The second-order valence-corrected chi connectivity index (χ2v) is 2.05. The predicted molar refractivity (Wildman–Crippen MR) is 37.2 cm³/mol. The third-order valence-corrected chi connectivity index (χ3v) is 1.12. The maximum absolute atomic E-state index is 4.99. The molecule has 0 aromatic carbocycles. The maximum atomic E-state index is 4.99. The molecule has 0 N–H and O–H groups in total. The molecule has 3 heteroatoms. The third-order valence-electron chi connectivity index (χ3n) is 0.624. The molecule has 40 valence electrons. The summed E-state index contributed by atoms with van der Waals surface area (Å²) in [6, 6.07) is 0. The molecule has 0 bridgehead atoms. The molecule has 1 aromatic heterocycles. The van der Waals surface area contributed by atoms with E-state index < -0.39 is 0 Å². The topological polar surface area (TPSA) is 26.0 Å². The van der Waals surface area contributed by atoms with Gasteiger partial charge in [-0.3, -0.25) is 0 Å². The van der Waals surface area contributed by atoms with Gasteiger partial charge in [0.2, 0.25) is 0 Å². The third kappa shape index (κ3) is 1.01. The first-order valence-electron chi connectivity index (χ1n) is 1.90. The summed E-state index contributed by atoms with van der Waals surface area (Å²) in [4.78, 5) is 3.81. The second kappa shape index (κ2) is 2.18. The molecule has 0 aliphatic rings. The number of nitrogens with zero attached hydrogens (tertiary/aromatic N) is 1. The van der Waals surface area contributed by atoms with Crippen molar-refractivity contribution in [3.05, 3.63) is 15.9 Å². The van der Waals surface area contributed by atoms with E-state index >= 15 is 0 Å². The number of terminal acetylenes is 1. The van der Waals surface area contributed by atoms with Gasteiger partial charge < -0.3 is 4.42 Å². The molecular formula is C5H2INO. The highest BCUT2D eigenvalue weighted by molar-refractivity contribution is 14.1. The minimum Gasteiger partial charge on any atom is -0.439 e. The lowest BCUT2D eigenvalue weighted by Gasteiger charge is -1.66. The van der Waals surface area contributed by atoms with Crippen molar-refractivity contribution >= 4 is 22.6 Å². The van der Waals surface area contributed by atoms with Crippen LogP contribution >= 0.6 is 22.6 Å². The van der Waals surface area contributed by atoms with Gasteiger partial charge in [0.25, 0.3) is 3.90 Å². The van der Waals surface area contributed by atoms with Gasteiger partial charge in [-0.15, -0.1) is 6.42 Å². The van der Waals surface area contributed by atoms with Gasteiger partial charge in [-0.2, -0.15) is 4.98 Å². The zero-order valence-corrected chi connectivity index (χ0v) is 6.05. The highest BCUT2D eigenvalue weighted by Crippen LogP contribution is 2.01. The van der Waals surface area contributed by atoms with Crippen LogP contribution in [-0.4, -0.2) is 4.98 Å². The molecule has 0 atom stereocenters. The molecule has 0 radical (unpaired) electrons. The Morgan fingerprint density at radius 1 is 1.88 bits per heavy atom. The van der Waals surface area contributed by atoms with Crippen LogP contribution in [0.1, 0.15) is 5.69 Å². The molecule has 0 spiro atoms. The number of aromatic nitrogens is 1. The molecule has 0 fully saturated rings. The minimum atomic E-state index is 0.550. The van der Waals surface area contributed by atoms with Gasteiger partial charge in [-0.1, -0.05) is 0 Å². The van der Waals surface area contributed by atoms with Crippen molar-refractivity contribution in [1.29, 1.82) is 0 Å². The van der Waals surface area contributed by atoms with E-state index in [1.807, 2.05) is 22.6 Å². The van der Waals surface area contributed by atoms with Crippen LogP contribution in [0.2, 0.25) is 0 Å². The van der Waals surface area contributed by atoms with E-state index in [0.717, 1.165) is 0 Å². The quantitative estimate of drug-likeness (QED) is 0.485. The van der Waals surface area contributed by atoms with Crippen LogP contribution in [0.15, 0.2) is 10.7 Å². The summed E-state index contributed by atoms with van der Waals surface area (Å²) >= 11 is 1.95. The lowest BCUT2D eigenvalue weighted by atomic mass is 10.5. The molecule has 0 saturated heterocycles. The van der Waals surface area contributed by atoms with Gasteiger partial charge in [0.1, 0.15) is 6.26 Å². The van der Waals surface area contributed by atoms with Gasteiger partial charge in [-0.05, 0) is 5.92 Å². The average molecular weight is 219 g/mol. The summed E-state index contributed by atoms with van der Waals surface area (Å²) in [5, 5.41) is 0. The molecule has 0 aliphatic carbocycles. The molecule has 0 unspecified atom stereocenters. The maximum Gasteiger partial charge on any atom is 0.258 e. The average Bonchev–Trinajstić information content (AvgIpc) is 2.14. The summed E-state index contributed by atoms with van der Waals surface area (Å²) in [7, 11) is 0. The minimum absolute atomic E-state index is 0.550. The van der Waals surface area contributed by atoms with Crippen LogP contribution in [0, 0.1) is 16.2 Å². The van der Waals surface area contributed by atoms with Crippen molar-refractivity contribution in [3.8, 4) is 12.3 Å². The van der Waals surface area contributed by atoms with Crippen LogP contribution in [0.25, 0.3) is 0 Å². The summed E-state index contributed by atoms with van der Waals surface area (Å²) in [5.74, 6) is 2.34. The van der Waals surface area contributed by atoms with Crippen LogP contribution < -0.4 is 0 Å². The fourth-order valence-corrected chi connectivity index (χ4v) is 0.705. The summed E-state index contributed by atoms with van der Waals surface area (Å²) in [5.41, 5.74) is 0.550. The van der Waals surface area contributed by atoms with Crippen molar-refractivity contribution in [3.63, 3.8) is 0 Å². The molecule has 1 aromatic rings. The Kier molecular flexibility index (Phi) is 1.53. The first kappa shape index (κ1) is 5.63. The summed E-state index contributed by atoms with van der Waals surface area (Å²) < 4.78 is 5.37. The van der Waals surface area contributed by atoms with Crippen molar-refractivity contribution in [2.75, 3.05) is 0 Å². The number of hydrogen-bond donors (Lipinski definition) is 0. The SMILES string of the molecule is C#Cc1coc(I)n1. The Morgan fingerprint density at radius 2 is 2.62 bits per heavy atom. The molecule has 1 heterocycles. The van der Waals surface area contributed by atoms with Gasteiger partial charge >= 0.3 is 0 Å². The Morgan fingerprint density at radius 3 is 2.88 bits per heavy atom. The monoisotopic (exact) mass is 219 g/mol.